The Morgan fingerprint density at radius 2 is 1.82 bits per heavy atom. The number of hydrogen-bond donors (Lipinski definition) is 1. The molecule has 0 aliphatic carbocycles. The standard InChI is InChI=1S/C12H10Br2N2O/c13-9-2-1-8(11(15)5-9)6-16-7-10(14)3-4-12(16)17/h1-5,7H,6,15H2. The van der Waals surface area contributed by atoms with Gasteiger partial charge in [0.15, 0.2) is 0 Å². The van der Waals surface area contributed by atoms with Gasteiger partial charge in [-0.25, -0.2) is 0 Å². The predicted molar refractivity (Wildman–Crippen MR) is 76.1 cm³/mol. The Morgan fingerprint density at radius 1 is 1.12 bits per heavy atom. The summed E-state index contributed by atoms with van der Waals surface area (Å²) in [6.45, 7) is 0.470. The Balaban J connectivity index is 2.38. The van der Waals surface area contributed by atoms with Gasteiger partial charge in [0.05, 0.1) is 6.54 Å². The smallest absolute Gasteiger partial charge is 0.250 e. The molecule has 0 spiro atoms. The molecule has 0 saturated carbocycles. The molecule has 0 aliphatic heterocycles. The molecule has 0 atom stereocenters. The van der Waals surface area contributed by atoms with Crippen molar-refractivity contribution in [2.45, 2.75) is 6.54 Å². The number of aromatic nitrogens is 1. The van der Waals surface area contributed by atoms with Gasteiger partial charge in [0.2, 0.25) is 0 Å². The number of rotatable bonds is 2. The molecule has 0 unspecified atom stereocenters. The quantitative estimate of drug-likeness (QED) is 0.840. The molecule has 2 aromatic rings. The maximum absolute atomic E-state index is 11.6. The molecule has 0 bridgehead atoms. The molecule has 2 rings (SSSR count). The second-order valence-electron chi connectivity index (χ2n) is 3.66. The SMILES string of the molecule is Nc1cc(Br)ccc1Cn1cc(Br)ccc1=O. The fraction of sp³-hybridized carbons (Fsp3) is 0.0833. The van der Waals surface area contributed by atoms with E-state index in [1.54, 1.807) is 16.8 Å². The van der Waals surface area contributed by atoms with Crippen LogP contribution in [0.1, 0.15) is 5.56 Å². The lowest BCUT2D eigenvalue weighted by Gasteiger charge is -2.09. The van der Waals surface area contributed by atoms with Gasteiger partial charge in [-0.1, -0.05) is 22.0 Å². The van der Waals surface area contributed by atoms with Gasteiger partial charge in [0.25, 0.3) is 5.56 Å². The Kier molecular flexibility index (Phi) is 3.69. The number of nitrogen functional groups attached to an aromatic ring is 1. The minimum absolute atomic E-state index is 0.0458. The second-order valence-corrected chi connectivity index (χ2v) is 5.49. The number of hydrogen-bond acceptors (Lipinski definition) is 2. The van der Waals surface area contributed by atoms with Gasteiger partial charge < -0.3 is 10.3 Å². The zero-order valence-corrected chi connectivity index (χ0v) is 12.0. The Labute approximate surface area is 116 Å². The lowest BCUT2D eigenvalue weighted by molar-refractivity contribution is 0.758. The van der Waals surface area contributed by atoms with E-state index in [-0.39, 0.29) is 5.56 Å². The van der Waals surface area contributed by atoms with E-state index in [1.807, 2.05) is 18.2 Å². The fourth-order valence-corrected chi connectivity index (χ4v) is 2.28. The molecule has 0 radical (unpaired) electrons. The fourth-order valence-electron chi connectivity index (χ4n) is 1.52. The van der Waals surface area contributed by atoms with Crippen LogP contribution in [0.15, 0.2) is 50.3 Å². The van der Waals surface area contributed by atoms with E-state index in [1.165, 1.54) is 6.07 Å². The summed E-state index contributed by atoms with van der Waals surface area (Å²) >= 11 is 6.69. The summed E-state index contributed by atoms with van der Waals surface area (Å²) in [4.78, 5) is 11.6. The van der Waals surface area contributed by atoms with Crippen LogP contribution in [0.4, 0.5) is 5.69 Å². The number of benzene rings is 1. The molecule has 5 heteroatoms. The van der Waals surface area contributed by atoms with E-state index in [0.717, 1.165) is 14.5 Å². The largest absolute Gasteiger partial charge is 0.398 e. The van der Waals surface area contributed by atoms with E-state index >= 15 is 0 Å². The number of nitrogens with zero attached hydrogens (tertiary/aromatic N) is 1. The highest BCUT2D eigenvalue weighted by atomic mass is 79.9. The van der Waals surface area contributed by atoms with Gasteiger partial charge in [-0.2, -0.15) is 0 Å². The van der Waals surface area contributed by atoms with E-state index < -0.39 is 0 Å². The van der Waals surface area contributed by atoms with Crippen molar-refractivity contribution in [1.29, 1.82) is 0 Å². The van der Waals surface area contributed by atoms with Crippen molar-refractivity contribution in [3.05, 3.63) is 61.4 Å². The van der Waals surface area contributed by atoms with Gasteiger partial charge in [0.1, 0.15) is 0 Å². The summed E-state index contributed by atoms with van der Waals surface area (Å²) in [5, 5.41) is 0. The van der Waals surface area contributed by atoms with Crippen molar-refractivity contribution < 1.29 is 0 Å². The molecular weight excluding hydrogens is 348 g/mol. The molecule has 3 nitrogen and oxygen atoms in total. The average molecular weight is 358 g/mol. The molecule has 0 amide bonds. The van der Waals surface area contributed by atoms with Crippen LogP contribution < -0.4 is 11.3 Å². The Morgan fingerprint density at radius 3 is 2.53 bits per heavy atom. The summed E-state index contributed by atoms with van der Waals surface area (Å²) in [6, 6.07) is 8.91. The first-order chi connectivity index (χ1) is 8.06. The third-order valence-corrected chi connectivity index (χ3v) is 3.36. The van der Waals surface area contributed by atoms with Crippen molar-refractivity contribution in [2.75, 3.05) is 5.73 Å². The highest BCUT2D eigenvalue weighted by molar-refractivity contribution is 9.10. The zero-order chi connectivity index (χ0) is 12.4. The van der Waals surface area contributed by atoms with Crippen LogP contribution in [0.3, 0.4) is 0 Å². The van der Waals surface area contributed by atoms with Crippen LogP contribution in [-0.4, -0.2) is 4.57 Å². The molecule has 88 valence electrons. The lowest BCUT2D eigenvalue weighted by Crippen LogP contribution is -2.19. The van der Waals surface area contributed by atoms with Gasteiger partial charge in [0, 0.05) is 26.9 Å². The van der Waals surface area contributed by atoms with Crippen molar-refractivity contribution in [1.82, 2.24) is 4.57 Å². The second kappa shape index (κ2) is 5.06. The van der Waals surface area contributed by atoms with Crippen molar-refractivity contribution in [2.24, 2.45) is 0 Å². The number of nitrogens with two attached hydrogens (primary N) is 1. The van der Waals surface area contributed by atoms with E-state index in [4.69, 9.17) is 5.73 Å². The molecule has 1 aromatic carbocycles. The first-order valence-corrected chi connectivity index (χ1v) is 6.55. The van der Waals surface area contributed by atoms with E-state index in [9.17, 15) is 4.79 Å². The van der Waals surface area contributed by atoms with Crippen LogP contribution >= 0.6 is 31.9 Å². The van der Waals surface area contributed by atoms with E-state index in [0.29, 0.717) is 12.2 Å². The molecule has 1 aromatic heterocycles. The van der Waals surface area contributed by atoms with Crippen LogP contribution in [0.2, 0.25) is 0 Å². The topological polar surface area (TPSA) is 48.0 Å². The van der Waals surface area contributed by atoms with E-state index in [2.05, 4.69) is 31.9 Å². The first-order valence-electron chi connectivity index (χ1n) is 4.96. The monoisotopic (exact) mass is 356 g/mol. The number of pyridine rings is 1. The van der Waals surface area contributed by atoms with Gasteiger partial charge in [-0.3, -0.25) is 4.79 Å². The average Bonchev–Trinajstić information content (AvgIpc) is 2.27. The summed E-state index contributed by atoms with van der Waals surface area (Å²) in [5.74, 6) is 0. The van der Waals surface area contributed by atoms with Crippen LogP contribution in [0, 0.1) is 0 Å². The first kappa shape index (κ1) is 12.4. The number of halogens is 2. The number of anilines is 1. The molecule has 2 N–H and O–H groups in total. The molecular formula is C12H10Br2N2O. The molecule has 0 saturated heterocycles. The zero-order valence-electron chi connectivity index (χ0n) is 8.86. The minimum atomic E-state index is -0.0458. The summed E-state index contributed by atoms with van der Waals surface area (Å²) in [6.07, 6.45) is 1.75. The lowest BCUT2D eigenvalue weighted by atomic mass is 10.2. The van der Waals surface area contributed by atoms with Crippen LogP contribution in [0.25, 0.3) is 0 Å². The van der Waals surface area contributed by atoms with Gasteiger partial charge in [-0.15, -0.1) is 0 Å². The summed E-state index contributed by atoms with van der Waals surface area (Å²) in [5.41, 5.74) is 7.45. The van der Waals surface area contributed by atoms with Crippen molar-refractivity contribution in [3.63, 3.8) is 0 Å². The minimum Gasteiger partial charge on any atom is -0.398 e. The molecule has 1 heterocycles. The molecule has 17 heavy (non-hydrogen) atoms. The van der Waals surface area contributed by atoms with Crippen LogP contribution in [0.5, 0.6) is 0 Å². The third kappa shape index (κ3) is 2.98. The third-order valence-electron chi connectivity index (χ3n) is 2.40. The highest BCUT2D eigenvalue weighted by Gasteiger charge is 2.03. The summed E-state index contributed by atoms with van der Waals surface area (Å²) < 4.78 is 3.41. The van der Waals surface area contributed by atoms with Crippen molar-refractivity contribution >= 4 is 37.5 Å². The maximum atomic E-state index is 11.6. The molecule has 0 aliphatic rings. The van der Waals surface area contributed by atoms with Gasteiger partial charge >= 0.3 is 0 Å². The maximum Gasteiger partial charge on any atom is 0.250 e. The predicted octanol–water partition coefficient (Wildman–Crippen LogP) is 3.00. The molecule has 0 fully saturated rings. The highest BCUT2D eigenvalue weighted by Crippen LogP contribution is 2.19. The Bertz CT molecular complexity index is 608. The Hall–Kier alpha value is -1.07. The van der Waals surface area contributed by atoms with Crippen LogP contribution in [-0.2, 0) is 6.54 Å². The summed E-state index contributed by atoms with van der Waals surface area (Å²) in [7, 11) is 0. The van der Waals surface area contributed by atoms with Crippen molar-refractivity contribution in [3.8, 4) is 0 Å². The normalized spacial score (nSPS) is 10.5. The van der Waals surface area contributed by atoms with Gasteiger partial charge in [-0.05, 0) is 39.7 Å².